The maximum absolute atomic E-state index is 12.5. The lowest BCUT2D eigenvalue weighted by Gasteiger charge is -2.42. The topological polar surface area (TPSA) is 75.4 Å². The molecule has 1 aromatic heterocycles. The molecule has 1 saturated heterocycles. The van der Waals surface area contributed by atoms with Gasteiger partial charge < -0.3 is 10.0 Å². The average Bonchev–Trinajstić information content (AvgIpc) is 2.91. The van der Waals surface area contributed by atoms with Crippen LogP contribution in [0, 0.1) is 0 Å². The number of amides is 1. The zero-order valence-electron chi connectivity index (χ0n) is 11.2. The molecule has 1 aliphatic rings. The molecule has 0 aromatic carbocycles. The van der Waals surface area contributed by atoms with E-state index in [0.29, 0.717) is 13.0 Å². The van der Waals surface area contributed by atoms with Crippen LogP contribution < -0.4 is 0 Å². The Labute approximate surface area is 112 Å². The van der Waals surface area contributed by atoms with Crippen molar-refractivity contribution in [1.29, 1.82) is 0 Å². The van der Waals surface area contributed by atoms with Crippen LogP contribution >= 0.6 is 0 Å². The lowest BCUT2D eigenvalue weighted by atomic mass is 9.88. The average molecular weight is 265 g/mol. The van der Waals surface area contributed by atoms with E-state index in [2.05, 4.69) is 5.10 Å². The third-order valence-electron chi connectivity index (χ3n) is 3.90. The molecule has 1 aliphatic heterocycles. The van der Waals surface area contributed by atoms with Gasteiger partial charge >= 0.3 is 5.97 Å². The summed E-state index contributed by atoms with van der Waals surface area (Å²) in [5.41, 5.74) is -1.10. The first kappa shape index (κ1) is 13.6. The summed E-state index contributed by atoms with van der Waals surface area (Å²) in [6, 6.07) is 1.27. The van der Waals surface area contributed by atoms with Crippen molar-refractivity contribution in [2.75, 3.05) is 6.54 Å². The number of aromatic nitrogens is 2. The first-order valence-electron chi connectivity index (χ1n) is 6.51. The van der Waals surface area contributed by atoms with Crippen molar-refractivity contribution in [3.63, 3.8) is 0 Å². The normalized spacial score (nSPS) is 25.1. The molecule has 0 aliphatic carbocycles. The van der Waals surface area contributed by atoms with E-state index in [4.69, 9.17) is 0 Å². The van der Waals surface area contributed by atoms with Gasteiger partial charge in [-0.05, 0) is 39.2 Å². The Morgan fingerprint density at radius 3 is 2.74 bits per heavy atom. The van der Waals surface area contributed by atoms with E-state index in [1.165, 1.54) is 4.90 Å². The second-order valence-corrected chi connectivity index (χ2v) is 5.19. The highest BCUT2D eigenvalue weighted by atomic mass is 16.4. The molecule has 19 heavy (non-hydrogen) atoms. The Kier molecular flexibility index (Phi) is 3.59. The second kappa shape index (κ2) is 5.03. The summed E-state index contributed by atoms with van der Waals surface area (Å²) in [6.07, 6.45) is 5.50. The fraction of sp³-hybridized carbons (Fsp3) is 0.615. The van der Waals surface area contributed by atoms with E-state index in [-0.39, 0.29) is 5.91 Å². The van der Waals surface area contributed by atoms with Crippen LogP contribution in [0.25, 0.3) is 0 Å². The predicted molar refractivity (Wildman–Crippen MR) is 68.5 cm³/mol. The molecule has 2 unspecified atom stereocenters. The van der Waals surface area contributed by atoms with Gasteiger partial charge in [0.2, 0.25) is 5.91 Å². The van der Waals surface area contributed by atoms with Gasteiger partial charge in [0.1, 0.15) is 11.6 Å². The number of hydrogen-bond acceptors (Lipinski definition) is 3. The fourth-order valence-corrected chi connectivity index (χ4v) is 2.55. The van der Waals surface area contributed by atoms with Crippen molar-refractivity contribution < 1.29 is 14.7 Å². The summed E-state index contributed by atoms with van der Waals surface area (Å²) >= 11 is 0. The first-order valence-corrected chi connectivity index (χ1v) is 6.51. The Morgan fingerprint density at radius 2 is 2.16 bits per heavy atom. The van der Waals surface area contributed by atoms with Crippen molar-refractivity contribution in [2.24, 2.45) is 0 Å². The number of likely N-dealkylation sites (tertiary alicyclic amines) is 1. The van der Waals surface area contributed by atoms with E-state index in [1.807, 2.05) is 0 Å². The monoisotopic (exact) mass is 265 g/mol. The number of rotatable bonds is 3. The molecule has 1 amide bonds. The van der Waals surface area contributed by atoms with Gasteiger partial charge in [-0.2, -0.15) is 5.10 Å². The standard InChI is InChI=1S/C13H19N3O3/c1-10(16-9-5-7-14-16)11(17)15-8-4-3-6-13(15,2)12(18)19/h5,7,9-10H,3-4,6,8H2,1-2H3,(H,18,19). The van der Waals surface area contributed by atoms with E-state index in [1.54, 1.807) is 37.0 Å². The minimum absolute atomic E-state index is 0.187. The van der Waals surface area contributed by atoms with Crippen LogP contribution in [0.4, 0.5) is 0 Å². The minimum atomic E-state index is -1.10. The van der Waals surface area contributed by atoms with Gasteiger partial charge in [0.05, 0.1) is 0 Å². The highest BCUT2D eigenvalue weighted by Gasteiger charge is 2.45. The van der Waals surface area contributed by atoms with Crippen LogP contribution in [0.15, 0.2) is 18.5 Å². The van der Waals surface area contributed by atoms with Crippen LogP contribution in [-0.4, -0.2) is 43.7 Å². The molecule has 104 valence electrons. The number of carboxylic acids is 1. The zero-order valence-corrected chi connectivity index (χ0v) is 11.2. The molecule has 2 atom stereocenters. The quantitative estimate of drug-likeness (QED) is 0.893. The maximum Gasteiger partial charge on any atom is 0.329 e. The van der Waals surface area contributed by atoms with Crippen LogP contribution in [0.2, 0.25) is 0 Å². The zero-order chi connectivity index (χ0) is 14.0. The molecule has 2 heterocycles. The summed E-state index contributed by atoms with van der Waals surface area (Å²) in [5.74, 6) is -1.12. The van der Waals surface area contributed by atoms with E-state index < -0.39 is 17.6 Å². The summed E-state index contributed by atoms with van der Waals surface area (Å²) < 4.78 is 1.55. The van der Waals surface area contributed by atoms with Gasteiger partial charge in [0.15, 0.2) is 0 Å². The van der Waals surface area contributed by atoms with E-state index in [0.717, 1.165) is 12.8 Å². The van der Waals surface area contributed by atoms with Crippen LogP contribution in [0.5, 0.6) is 0 Å². The summed E-state index contributed by atoms with van der Waals surface area (Å²) in [4.78, 5) is 25.5. The summed E-state index contributed by atoms with van der Waals surface area (Å²) in [5, 5.41) is 13.5. The van der Waals surface area contributed by atoms with Crippen molar-refractivity contribution >= 4 is 11.9 Å². The maximum atomic E-state index is 12.5. The molecule has 0 spiro atoms. The number of nitrogens with zero attached hydrogens (tertiary/aromatic N) is 3. The molecule has 0 radical (unpaired) electrons. The fourth-order valence-electron chi connectivity index (χ4n) is 2.55. The van der Waals surface area contributed by atoms with Crippen molar-refractivity contribution in [3.05, 3.63) is 18.5 Å². The first-order chi connectivity index (χ1) is 8.97. The minimum Gasteiger partial charge on any atom is -0.480 e. The smallest absolute Gasteiger partial charge is 0.329 e. The van der Waals surface area contributed by atoms with Crippen molar-refractivity contribution in [2.45, 2.75) is 44.7 Å². The molecule has 1 N–H and O–H groups in total. The lowest BCUT2D eigenvalue weighted by Crippen LogP contribution is -2.58. The number of carbonyl (C=O) groups is 2. The molecular formula is C13H19N3O3. The third-order valence-corrected chi connectivity index (χ3v) is 3.90. The lowest BCUT2D eigenvalue weighted by molar-refractivity contribution is -0.162. The molecule has 0 bridgehead atoms. The number of carbonyl (C=O) groups excluding carboxylic acids is 1. The Hall–Kier alpha value is -1.85. The van der Waals surface area contributed by atoms with Gasteiger partial charge in [-0.3, -0.25) is 9.48 Å². The van der Waals surface area contributed by atoms with Crippen LogP contribution in [-0.2, 0) is 9.59 Å². The number of piperidine rings is 1. The summed E-state index contributed by atoms with van der Waals surface area (Å²) in [6.45, 7) is 3.86. The molecule has 2 rings (SSSR count). The van der Waals surface area contributed by atoms with Crippen molar-refractivity contribution in [3.8, 4) is 0 Å². The van der Waals surface area contributed by atoms with Crippen molar-refractivity contribution in [1.82, 2.24) is 14.7 Å². The molecule has 0 saturated carbocycles. The third kappa shape index (κ3) is 2.34. The summed E-state index contributed by atoms with van der Waals surface area (Å²) in [7, 11) is 0. The molecule has 1 fully saturated rings. The molecule has 1 aromatic rings. The SMILES string of the molecule is CC(C(=O)N1CCCCC1(C)C(=O)O)n1cccn1. The van der Waals surface area contributed by atoms with Gasteiger partial charge in [-0.15, -0.1) is 0 Å². The molecular weight excluding hydrogens is 246 g/mol. The largest absolute Gasteiger partial charge is 0.480 e. The van der Waals surface area contributed by atoms with Gasteiger partial charge in [-0.1, -0.05) is 0 Å². The number of aliphatic carboxylic acids is 1. The molecule has 6 heteroatoms. The highest BCUT2D eigenvalue weighted by molar-refractivity contribution is 5.88. The Bertz CT molecular complexity index is 471. The second-order valence-electron chi connectivity index (χ2n) is 5.19. The number of carboxylic acid groups (broad SMARTS) is 1. The van der Waals surface area contributed by atoms with E-state index >= 15 is 0 Å². The van der Waals surface area contributed by atoms with Crippen LogP contribution in [0.1, 0.15) is 39.2 Å². The van der Waals surface area contributed by atoms with Gasteiger partial charge in [-0.25, -0.2) is 4.79 Å². The highest BCUT2D eigenvalue weighted by Crippen LogP contribution is 2.30. The van der Waals surface area contributed by atoms with E-state index in [9.17, 15) is 14.7 Å². The predicted octanol–water partition coefficient (Wildman–Crippen LogP) is 1.30. The number of hydrogen-bond donors (Lipinski definition) is 1. The van der Waals surface area contributed by atoms with Gasteiger partial charge in [0.25, 0.3) is 0 Å². The molecule has 6 nitrogen and oxygen atoms in total. The Morgan fingerprint density at radius 1 is 1.42 bits per heavy atom. The van der Waals surface area contributed by atoms with Gasteiger partial charge in [0, 0.05) is 18.9 Å². The van der Waals surface area contributed by atoms with Crippen LogP contribution in [0.3, 0.4) is 0 Å². The Balaban J connectivity index is 2.23.